The quantitative estimate of drug-likeness (QED) is 0.186. The van der Waals surface area contributed by atoms with Crippen LogP contribution in [0.5, 0.6) is 0 Å². The van der Waals surface area contributed by atoms with Crippen LogP contribution in [0.25, 0.3) is 103 Å². The highest BCUT2D eigenvalue weighted by atomic mass is 32.1. The van der Waals surface area contributed by atoms with Crippen molar-refractivity contribution in [1.82, 2.24) is 19.5 Å². The zero-order chi connectivity index (χ0) is 34.2. The third kappa shape index (κ3) is 4.57. The summed E-state index contributed by atoms with van der Waals surface area (Å²) in [6, 6.07) is 60.4. The molecule has 11 rings (SSSR count). The molecule has 8 aromatic carbocycles. The highest BCUT2D eigenvalue weighted by molar-refractivity contribution is 7.25. The van der Waals surface area contributed by atoms with E-state index in [-0.39, 0.29) is 0 Å². The van der Waals surface area contributed by atoms with Crippen molar-refractivity contribution in [2.24, 2.45) is 0 Å². The molecule has 11 aromatic rings. The molecular weight excluding hydrogens is 653 g/mol. The van der Waals surface area contributed by atoms with E-state index in [0.717, 1.165) is 22.4 Å². The summed E-state index contributed by atoms with van der Waals surface area (Å²) in [5.74, 6) is 1.95. The number of thiophene rings is 1. The number of hydrogen-bond acceptors (Lipinski definition) is 4. The molecular formula is C47H28N4S. The Morgan fingerprint density at radius 1 is 0.385 bits per heavy atom. The fourth-order valence-electron chi connectivity index (χ4n) is 7.75. The third-order valence-electron chi connectivity index (χ3n) is 10.2. The summed E-state index contributed by atoms with van der Waals surface area (Å²) >= 11 is 1.80. The number of benzene rings is 8. The van der Waals surface area contributed by atoms with E-state index < -0.39 is 0 Å². The van der Waals surface area contributed by atoms with Gasteiger partial charge in [0.25, 0.3) is 0 Å². The lowest BCUT2D eigenvalue weighted by Gasteiger charge is -2.12. The molecule has 0 saturated heterocycles. The third-order valence-corrected chi connectivity index (χ3v) is 11.3. The molecule has 3 aromatic heterocycles. The second-order valence-electron chi connectivity index (χ2n) is 13.3. The Balaban J connectivity index is 1.16. The number of rotatable bonds is 4. The van der Waals surface area contributed by atoms with E-state index in [0.29, 0.717) is 17.5 Å². The van der Waals surface area contributed by atoms with Crippen LogP contribution in [0.15, 0.2) is 170 Å². The molecule has 0 N–H and O–H groups in total. The largest absolute Gasteiger partial charge is 0.309 e. The van der Waals surface area contributed by atoms with Crippen molar-refractivity contribution in [2.75, 3.05) is 0 Å². The van der Waals surface area contributed by atoms with E-state index in [1.165, 1.54) is 63.5 Å². The van der Waals surface area contributed by atoms with Crippen LogP contribution in [0.2, 0.25) is 0 Å². The van der Waals surface area contributed by atoms with Crippen LogP contribution in [-0.2, 0) is 0 Å². The molecule has 0 aliphatic heterocycles. The molecule has 0 saturated carbocycles. The lowest BCUT2D eigenvalue weighted by atomic mass is 10.0. The van der Waals surface area contributed by atoms with Gasteiger partial charge in [-0.15, -0.1) is 11.3 Å². The molecule has 0 radical (unpaired) electrons. The Hall–Kier alpha value is -6.69. The van der Waals surface area contributed by atoms with Gasteiger partial charge in [0.05, 0.1) is 11.0 Å². The second kappa shape index (κ2) is 11.4. The number of fused-ring (bicyclic) bond motifs is 8. The van der Waals surface area contributed by atoms with Crippen molar-refractivity contribution < 1.29 is 0 Å². The van der Waals surface area contributed by atoms with E-state index in [2.05, 4.69) is 156 Å². The first-order chi connectivity index (χ1) is 25.7. The van der Waals surface area contributed by atoms with Gasteiger partial charge in [-0.1, -0.05) is 121 Å². The Labute approximate surface area is 302 Å². The van der Waals surface area contributed by atoms with E-state index in [1.807, 2.05) is 18.2 Å². The van der Waals surface area contributed by atoms with Gasteiger partial charge in [-0.25, -0.2) is 15.0 Å². The average Bonchev–Trinajstić information content (AvgIpc) is 3.74. The highest BCUT2D eigenvalue weighted by Crippen LogP contribution is 2.41. The Bertz CT molecular complexity index is 3100. The maximum Gasteiger partial charge on any atom is 0.164 e. The SMILES string of the molecule is c1ccc(-c2nc(-c3cccc(-n4c5cc6ccccc6cc5c5cc6ccccc6cc54)c3)nc(-c3cccc4sc5ccccc5c34)n2)cc1. The Morgan fingerprint density at radius 2 is 0.923 bits per heavy atom. The molecule has 4 nitrogen and oxygen atoms in total. The number of aromatic nitrogens is 4. The Kier molecular flexibility index (Phi) is 6.39. The molecule has 0 bridgehead atoms. The smallest absolute Gasteiger partial charge is 0.164 e. The zero-order valence-electron chi connectivity index (χ0n) is 27.9. The van der Waals surface area contributed by atoms with Crippen LogP contribution in [0, 0.1) is 0 Å². The van der Waals surface area contributed by atoms with E-state index >= 15 is 0 Å². The predicted molar refractivity (Wildman–Crippen MR) is 218 cm³/mol. The van der Waals surface area contributed by atoms with Gasteiger partial charge in [0.15, 0.2) is 17.5 Å². The van der Waals surface area contributed by atoms with Gasteiger partial charge in [-0.3, -0.25) is 0 Å². The highest BCUT2D eigenvalue weighted by Gasteiger charge is 2.19. The monoisotopic (exact) mass is 680 g/mol. The summed E-state index contributed by atoms with van der Waals surface area (Å²) < 4.78 is 4.86. The van der Waals surface area contributed by atoms with Gasteiger partial charge in [0.2, 0.25) is 0 Å². The van der Waals surface area contributed by atoms with Gasteiger partial charge < -0.3 is 4.57 Å². The van der Waals surface area contributed by atoms with Crippen LogP contribution in [0.1, 0.15) is 0 Å². The summed E-state index contributed by atoms with van der Waals surface area (Å²) in [4.78, 5) is 15.5. The molecule has 0 unspecified atom stereocenters. The van der Waals surface area contributed by atoms with Gasteiger partial charge >= 0.3 is 0 Å². The molecule has 0 aliphatic carbocycles. The molecule has 52 heavy (non-hydrogen) atoms. The molecule has 3 heterocycles. The standard InChI is InChI=1S/C47H28N4S/c1-2-12-29(13-3-1)45-48-46(50-47(49-45)37-21-11-23-43-44(37)36-20-8-9-22-42(36)52-43)34-18-10-19-35(24-34)51-40-27-32-16-6-4-14-30(32)25-38(40)39-26-31-15-5-7-17-33(31)28-41(39)51/h1-28H. The maximum atomic E-state index is 5.24. The zero-order valence-corrected chi connectivity index (χ0v) is 28.7. The topological polar surface area (TPSA) is 43.6 Å². The minimum absolute atomic E-state index is 0.638. The minimum atomic E-state index is 0.638. The van der Waals surface area contributed by atoms with Crippen molar-refractivity contribution in [3.63, 3.8) is 0 Å². The van der Waals surface area contributed by atoms with E-state index in [1.54, 1.807) is 11.3 Å². The molecule has 0 spiro atoms. The summed E-state index contributed by atoms with van der Waals surface area (Å²) in [6.45, 7) is 0. The van der Waals surface area contributed by atoms with Crippen molar-refractivity contribution in [3.05, 3.63) is 170 Å². The first kappa shape index (κ1) is 29.1. The van der Waals surface area contributed by atoms with Crippen molar-refractivity contribution in [2.45, 2.75) is 0 Å². The van der Waals surface area contributed by atoms with Crippen LogP contribution >= 0.6 is 11.3 Å². The van der Waals surface area contributed by atoms with Crippen LogP contribution in [0.3, 0.4) is 0 Å². The molecule has 0 aliphatic rings. The lowest BCUT2D eigenvalue weighted by molar-refractivity contribution is 1.07. The molecule has 0 amide bonds. The fraction of sp³-hybridized carbons (Fsp3) is 0. The molecule has 0 atom stereocenters. The lowest BCUT2D eigenvalue weighted by Crippen LogP contribution is -2.01. The summed E-state index contributed by atoms with van der Waals surface area (Å²) in [5.41, 5.74) is 6.27. The Morgan fingerprint density at radius 3 is 1.63 bits per heavy atom. The van der Waals surface area contributed by atoms with Crippen molar-refractivity contribution in [1.29, 1.82) is 0 Å². The predicted octanol–water partition coefficient (Wildman–Crippen LogP) is 12.6. The normalized spacial score (nSPS) is 11.8. The molecule has 0 fully saturated rings. The summed E-state index contributed by atoms with van der Waals surface area (Å²) in [5, 5.41) is 9.75. The van der Waals surface area contributed by atoms with E-state index in [4.69, 9.17) is 15.0 Å². The van der Waals surface area contributed by atoms with Gasteiger partial charge in [0.1, 0.15) is 0 Å². The van der Waals surface area contributed by atoms with Gasteiger partial charge in [0, 0.05) is 53.3 Å². The number of hydrogen-bond donors (Lipinski definition) is 0. The van der Waals surface area contributed by atoms with Crippen LogP contribution in [0.4, 0.5) is 0 Å². The summed E-state index contributed by atoms with van der Waals surface area (Å²) in [7, 11) is 0. The van der Waals surface area contributed by atoms with Crippen LogP contribution < -0.4 is 0 Å². The van der Waals surface area contributed by atoms with Crippen molar-refractivity contribution in [3.8, 4) is 39.9 Å². The molecule has 242 valence electrons. The summed E-state index contributed by atoms with van der Waals surface area (Å²) in [6.07, 6.45) is 0. The van der Waals surface area contributed by atoms with Gasteiger partial charge in [-0.2, -0.15) is 0 Å². The van der Waals surface area contributed by atoms with Crippen molar-refractivity contribution >= 4 is 74.9 Å². The first-order valence-corrected chi connectivity index (χ1v) is 18.3. The maximum absolute atomic E-state index is 5.24. The van der Waals surface area contributed by atoms with E-state index in [9.17, 15) is 0 Å². The average molecular weight is 681 g/mol. The second-order valence-corrected chi connectivity index (χ2v) is 14.4. The minimum Gasteiger partial charge on any atom is -0.309 e. The van der Waals surface area contributed by atoms with Gasteiger partial charge in [-0.05, 0) is 70.1 Å². The number of nitrogens with zero attached hydrogens (tertiary/aromatic N) is 4. The molecule has 5 heteroatoms. The fourth-order valence-corrected chi connectivity index (χ4v) is 8.88. The van der Waals surface area contributed by atoms with Crippen LogP contribution in [-0.4, -0.2) is 19.5 Å². The first-order valence-electron chi connectivity index (χ1n) is 17.4.